The number of hydrogen-bond donors (Lipinski definition) is 1. The van der Waals surface area contributed by atoms with Gasteiger partial charge in [-0.25, -0.2) is 4.98 Å². The Morgan fingerprint density at radius 3 is 2.62 bits per heavy atom. The molecule has 202 valence electrons. The maximum atomic E-state index is 12.9. The first kappa shape index (κ1) is 25.6. The average Bonchev–Trinajstić information content (AvgIpc) is 3.38. The number of carbonyl (C=O) groups is 1. The summed E-state index contributed by atoms with van der Waals surface area (Å²) in [6.07, 6.45) is 5.59. The van der Waals surface area contributed by atoms with Gasteiger partial charge < -0.3 is 19.3 Å². The van der Waals surface area contributed by atoms with Gasteiger partial charge in [-0.05, 0) is 72.2 Å². The number of carbonyl (C=O) groups excluding carboxylic acids is 1. The Morgan fingerprint density at radius 1 is 0.923 bits per heavy atom. The molecule has 1 saturated heterocycles. The number of fused-ring (bicyclic) bond motifs is 2. The zero-order chi connectivity index (χ0) is 26.6. The first-order valence-corrected chi connectivity index (χ1v) is 14.1. The van der Waals surface area contributed by atoms with E-state index >= 15 is 0 Å². The van der Waals surface area contributed by atoms with Crippen LogP contribution >= 0.6 is 0 Å². The minimum Gasteiger partial charge on any atom is -0.491 e. The standard InChI is InChI=1S/C32H36N4O3/c37-28(20-34-16-13-24-7-2-3-8-27(24)19-34)22-39-29-10-6-9-25(17-29)26-11-12-30-31(18-26)36(23-33-30)21-32(38)35-14-4-1-5-15-35/h2-3,6-12,17-18,23,28,37H,1,4-5,13-16,19-22H2. The van der Waals surface area contributed by atoms with E-state index in [1.165, 1.54) is 17.5 Å². The second-order valence-corrected chi connectivity index (χ2v) is 10.8. The summed E-state index contributed by atoms with van der Waals surface area (Å²) in [6.45, 7) is 4.66. The number of nitrogens with zero attached hydrogens (tertiary/aromatic N) is 4. The Balaban J connectivity index is 1.09. The Morgan fingerprint density at radius 2 is 1.74 bits per heavy atom. The van der Waals surface area contributed by atoms with Crippen LogP contribution in [0, 0.1) is 0 Å². The summed E-state index contributed by atoms with van der Waals surface area (Å²) >= 11 is 0. The largest absolute Gasteiger partial charge is 0.491 e. The molecule has 7 heteroatoms. The summed E-state index contributed by atoms with van der Waals surface area (Å²) < 4.78 is 7.96. The fraction of sp³-hybridized carbons (Fsp3) is 0.375. The van der Waals surface area contributed by atoms with Crippen molar-refractivity contribution in [3.8, 4) is 16.9 Å². The first-order valence-electron chi connectivity index (χ1n) is 14.1. The van der Waals surface area contributed by atoms with Crippen LogP contribution < -0.4 is 4.74 Å². The van der Waals surface area contributed by atoms with E-state index in [0.717, 1.165) is 73.4 Å². The number of imidazole rings is 1. The van der Waals surface area contributed by atoms with Gasteiger partial charge in [0.05, 0.1) is 17.4 Å². The number of β-amino-alcohol motifs (C(OH)–C–C–N with tert-alkyl or cyclic N) is 1. The Bertz CT molecular complexity index is 1440. The van der Waals surface area contributed by atoms with Gasteiger partial charge >= 0.3 is 0 Å². The number of ether oxygens (including phenoxy) is 1. The van der Waals surface area contributed by atoms with Crippen molar-refractivity contribution in [3.05, 3.63) is 84.2 Å². The molecule has 1 unspecified atom stereocenters. The van der Waals surface area contributed by atoms with Crippen LogP contribution in [0.15, 0.2) is 73.1 Å². The summed E-state index contributed by atoms with van der Waals surface area (Å²) in [5.74, 6) is 0.881. The number of aliphatic hydroxyl groups excluding tert-OH is 1. The normalized spacial score (nSPS) is 16.7. The van der Waals surface area contributed by atoms with Crippen LogP contribution in [-0.2, 0) is 24.3 Å². The van der Waals surface area contributed by atoms with E-state index in [-0.39, 0.29) is 12.5 Å². The van der Waals surface area contributed by atoms with E-state index in [4.69, 9.17) is 4.74 Å². The zero-order valence-corrected chi connectivity index (χ0v) is 22.3. The molecule has 0 saturated carbocycles. The SMILES string of the molecule is O=C(Cn1cnc2ccc(-c3cccc(OCC(O)CN4CCc5ccccc5C4)c3)cc21)N1CCCCC1. The van der Waals surface area contributed by atoms with Crippen molar-refractivity contribution in [1.29, 1.82) is 0 Å². The molecule has 1 amide bonds. The van der Waals surface area contributed by atoms with Crippen LogP contribution in [0.3, 0.4) is 0 Å². The Kier molecular flexibility index (Phi) is 7.61. The molecule has 0 radical (unpaired) electrons. The van der Waals surface area contributed by atoms with Crippen LogP contribution in [0.4, 0.5) is 0 Å². The van der Waals surface area contributed by atoms with E-state index in [1.54, 1.807) is 6.33 Å². The van der Waals surface area contributed by atoms with Crippen molar-refractivity contribution < 1.29 is 14.6 Å². The molecule has 7 nitrogen and oxygen atoms in total. The van der Waals surface area contributed by atoms with Crippen LogP contribution in [0.5, 0.6) is 5.75 Å². The topological polar surface area (TPSA) is 70.8 Å². The summed E-state index contributed by atoms with van der Waals surface area (Å²) in [5, 5.41) is 10.7. The molecule has 2 aliphatic rings. The smallest absolute Gasteiger partial charge is 0.242 e. The molecule has 0 bridgehead atoms. The number of aromatic nitrogens is 2. The molecule has 1 aromatic heterocycles. The first-order chi connectivity index (χ1) is 19.1. The van der Waals surface area contributed by atoms with E-state index in [0.29, 0.717) is 13.1 Å². The van der Waals surface area contributed by atoms with E-state index < -0.39 is 6.10 Å². The fourth-order valence-electron chi connectivity index (χ4n) is 5.77. The van der Waals surface area contributed by atoms with E-state index in [1.807, 2.05) is 39.8 Å². The highest BCUT2D eigenvalue weighted by molar-refractivity contribution is 5.84. The summed E-state index contributed by atoms with van der Waals surface area (Å²) in [7, 11) is 0. The highest BCUT2D eigenvalue weighted by atomic mass is 16.5. The van der Waals surface area contributed by atoms with Crippen LogP contribution in [0.1, 0.15) is 30.4 Å². The van der Waals surface area contributed by atoms with E-state index in [9.17, 15) is 9.90 Å². The summed E-state index contributed by atoms with van der Waals surface area (Å²) in [5.41, 5.74) is 6.63. The molecular weight excluding hydrogens is 488 g/mol. The lowest BCUT2D eigenvalue weighted by molar-refractivity contribution is -0.132. The van der Waals surface area contributed by atoms with Crippen molar-refractivity contribution in [1.82, 2.24) is 19.4 Å². The van der Waals surface area contributed by atoms with Crippen molar-refractivity contribution >= 4 is 16.9 Å². The van der Waals surface area contributed by atoms with E-state index in [2.05, 4.69) is 46.3 Å². The summed E-state index contributed by atoms with van der Waals surface area (Å²) in [6, 6.07) is 22.6. The molecule has 3 aromatic carbocycles. The minimum atomic E-state index is -0.568. The number of aliphatic hydroxyl groups is 1. The molecule has 0 spiro atoms. The van der Waals surface area contributed by atoms with Gasteiger partial charge in [0.15, 0.2) is 0 Å². The molecule has 3 heterocycles. The lowest BCUT2D eigenvalue weighted by Crippen LogP contribution is -2.38. The van der Waals surface area contributed by atoms with Gasteiger partial charge in [-0.15, -0.1) is 0 Å². The molecule has 1 fully saturated rings. The third-order valence-corrected chi connectivity index (χ3v) is 7.92. The maximum absolute atomic E-state index is 12.9. The molecule has 0 aliphatic carbocycles. The molecule has 4 aromatic rings. The van der Waals surface area contributed by atoms with Gasteiger partial charge in [0.2, 0.25) is 5.91 Å². The molecule has 1 atom stereocenters. The van der Waals surface area contributed by atoms with Gasteiger partial charge in [0.1, 0.15) is 25.0 Å². The lowest BCUT2D eigenvalue weighted by Gasteiger charge is -2.30. The highest BCUT2D eigenvalue weighted by Gasteiger charge is 2.20. The quantitative estimate of drug-likeness (QED) is 0.367. The molecule has 1 N–H and O–H groups in total. The lowest BCUT2D eigenvalue weighted by atomic mass is 10.00. The number of likely N-dealkylation sites (tertiary alicyclic amines) is 1. The van der Waals surface area contributed by atoms with Crippen LogP contribution in [-0.4, -0.2) is 69.3 Å². The number of benzene rings is 3. The molecule has 6 rings (SSSR count). The molecule has 2 aliphatic heterocycles. The molecular formula is C32H36N4O3. The maximum Gasteiger partial charge on any atom is 0.242 e. The highest BCUT2D eigenvalue weighted by Crippen LogP contribution is 2.27. The predicted molar refractivity (Wildman–Crippen MR) is 153 cm³/mol. The minimum absolute atomic E-state index is 0.155. The fourth-order valence-corrected chi connectivity index (χ4v) is 5.77. The van der Waals surface area contributed by atoms with Gasteiger partial charge in [0.25, 0.3) is 0 Å². The van der Waals surface area contributed by atoms with Gasteiger partial charge in [-0.1, -0.05) is 42.5 Å². The predicted octanol–water partition coefficient (Wildman–Crippen LogP) is 4.51. The van der Waals surface area contributed by atoms with Crippen LogP contribution in [0.2, 0.25) is 0 Å². The van der Waals surface area contributed by atoms with Gasteiger partial charge in [-0.2, -0.15) is 0 Å². The van der Waals surface area contributed by atoms with Crippen molar-refractivity contribution in [2.24, 2.45) is 0 Å². The third-order valence-electron chi connectivity index (χ3n) is 7.92. The zero-order valence-electron chi connectivity index (χ0n) is 22.3. The number of rotatable bonds is 8. The van der Waals surface area contributed by atoms with Crippen molar-refractivity contribution in [2.75, 3.05) is 32.8 Å². The van der Waals surface area contributed by atoms with Crippen molar-refractivity contribution in [2.45, 2.75) is 44.9 Å². The third kappa shape index (κ3) is 6.00. The number of hydrogen-bond acceptors (Lipinski definition) is 5. The Labute approximate surface area is 229 Å². The monoisotopic (exact) mass is 524 g/mol. The number of piperidine rings is 1. The second kappa shape index (κ2) is 11.6. The Hall–Kier alpha value is -3.68. The van der Waals surface area contributed by atoms with Gasteiger partial charge in [0, 0.05) is 32.7 Å². The number of amides is 1. The van der Waals surface area contributed by atoms with Gasteiger partial charge in [-0.3, -0.25) is 9.69 Å². The second-order valence-electron chi connectivity index (χ2n) is 10.8. The molecule has 39 heavy (non-hydrogen) atoms. The van der Waals surface area contributed by atoms with Crippen LogP contribution in [0.25, 0.3) is 22.2 Å². The van der Waals surface area contributed by atoms with Crippen molar-refractivity contribution in [3.63, 3.8) is 0 Å². The average molecular weight is 525 g/mol. The summed E-state index contributed by atoms with van der Waals surface area (Å²) in [4.78, 5) is 21.6.